The minimum atomic E-state index is -3.64. The fourth-order valence-corrected chi connectivity index (χ4v) is 4.89. The van der Waals surface area contributed by atoms with Gasteiger partial charge in [-0.05, 0) is 36.5 Å². The summed E-state index contributed by atoms with van der Waals surface area (Å²) in [5, 5.41) is 9.60. The summed E-state index contributed by atoms with van der Waals surface area (Å²) in [6.07, 6.45) is 2.81. The van der Waals surface area contributed by atoms with Gasteiger partial charge in [0.25, 0.3) is 0 Å². The average Bonchev–Trinajstić information content (AvgIpc) is 2.47. The van der Waals surface area contributed by atoms with Crippen LogP contribution in [0.2, 0.25) is 10.0 Å². The van der Waals surface area contributed by atoms with Crippen LogP contribution in [-0.2, 0) is 16.6 Å². The van der Waals surface area contributed by atoms with Crippen molar-refractivity contribution in [3.8, 4) is 0 Å². The lowest BCUT2D eigenvalue weighted by atomic mass is 9.96. The summed E-state index contributed by atoms with van der Waals surface area (Å²) in [6.45, 7) is 2.82. The van der Waals surface area contributed by atoms with Gasteiger partial charge >= 0.3 is 0 Å². The molecule has 4 nitrogen and oxygen atoms in total. The zero-order valence-electron chi connectivity index (χ0n) is 11.8. The predicted octanol–water partition coefficient (Wildman–Crippen LogP) is 3.30. The first-order valence-electron chi connectivity index (χ1n) is 6.99. The van der Waals surface area contributed by atoms with Crippen molar-refractivity contribution in [3.05, 3.63) is 27.7 Å². The number of hydrogen-bond acceptors (Lipinski definition) is 3. The monoisotopic (exact) mass is 351 g/mol. The van der Waals surface area contributed by atoms with Crippen LogP contribution in [0.15, 0.2) is 17.0 Å². The van der Waals surface area contributed by atoms with Crippen molar-refractivity contribution in [2.45, 2.75) is 37.7 Å². The normalized spacial score (nSPS) is 18.1. The van der Waals surface area contributed by atoms with E-state index in [1.54, 1.807) is 0 Å². The number of hydrogen-bond donors (Lipinski definition) is 1. The molecule has 1 aromatic carbocycles. The molecule has 0 spiro atoms. The molecule has 1 heterocycles. The van der Waals surface area contributed by atoms with Crippen LogP contribution in [0.1, 0.15) is 31.7 Å². The molecule has 1 saturated heterocycles. The molecule has 0 radical (unpaired) electrons. The van der Waals surface area contributed by atoms with Gasteiger partial charge < -0.3 is 5.11 Å². The molecule has 0 atom stereocenters. The molecule has 0 unspecified atom stereocenters. The molecule has 1 fully saturated rings. The van der Waals surface area contributed by atoms with Crippen LogP contribution in [0.5, 0.6) is 0 Å². The number of halogens is 2. The lowest BCUT2D eigenvalue weighted by Gasteiger charge is -2.31. The number of rotatable bonds is 4. The molecule has 21 heavy (non-hydrogen) atoms. The van der Waals surface area contributed by atoms with Crippen LogP contribution in [0.25, 0.3) is 0 Å². The lowest BCUT2D eigenvalue weighted by Crippen LogP contribution is -2.38. The lowest BCUT2D eigenvalue weighted by molar-refractivity contribution is 0.268. The highest BCUT2D eigenvalue weighted by atomic mass is 35.5. The van der Waals surface area contributed by atoms with Crippen LogP contribution < -0.4 is 0 Å². The number of sulfonamides is 1. The molecule has 1 N–H and O–H groups in total. The topological polar surface area (TPSA) is 57.6 Å². The molecule has 0 bridgehead atoms. The van der Waals surface area contributed by atoms with Crippen LogP contribution in [0.3, 0.4) is 0 Å². The smallest absolute Gasteiger partial charge is 0.244 e. The third-order valence-corrected chi connectivity index (χ3v) is 6.76. The number of nitrogens with zero attached hydrogens (tertiary/aromatic N) is 1. The molecular formula is C14H19Cl2NO3S. The van der Waals surface area contributed by atoms with Gasteiger partial charge in [-0.2, -0.15) is 4.31 Å². The standard InChI is InChI=1S/C14H19Cl2NO3S/c1-2-10-3-5-17(6-4-10)21(19,20)14-7-11(9-18)12(15)8-13(14)16/h7-8,10,18H,2-6,9H2,1H3. The van der Waals surface area contributed by atoms with E-state index >= 15 is 0 Å². The summed E-state index contributed by atoms with van der Waals surface area (Å²) in [7, 11) is -3.64. The van der Waals surface area contributed by atoms with Gasteiger partial charge in [0.05, 0.1) is 11.6 Å². The van der Waals surface area contributed by atoms with Gasteiger partial charge in [0.2, 0.25) is 10.0 Å². The number of aliphatic hydroxyl groups is 1. The first kappa shape index (κ1) is 17.0. The molecule has 1 aliphatic rings. The Kier molecular flexibility index (Phi) is 5.54. The fourth-order valence-electron chi connectivity index (χ4n) is 2.59. The van der Waals surface area contributed by atoms with Gasteiger partial charge in [0, 0.05) is 18.1 Å². The largest absolute Gasteiger partial charge is 0.392 e. The fraction of sp³-hybridized carbons (Fsp3) is 0.571. The zero-order valence-corrected chi connectivity index (χ0v) is 14.2. The SMILES string of the molecule is CCC1CCN(S(=O)(=O)c2cc(CO)c(Cl)cc2Cl)CC1. The Morgan fingerprint density at radius 1 is 1.24 bits per heavy atom. The molecule has 0 saturated carbocycles. The van der Waals surface area contributed by atoms with Crippen LogP contribution >= 0.6 is 23.2 Å². The number of piperidine rings is 1. The van der Waals surface area contributed by atoms with E-state index in [9.17, 15) is 13.5 Å². The van der Waals surface area contributed by atoms with Crippen LogP contribution in [0.4, 0.5) is 0 Å². The highest BCUT2D eigenvalue weighted by Gasteiger charge is 2.30. The van der Waals surface area contributed by atoms with Crippen molar-refractivity contribution in [3.63, 3.8) is 0 Å². The number of benzene rings is 1. The molecule has 7 heteroatoms. The minimum Gasteiger partial charge on any atom is -0.392 e. The number of aliphatic hydroxyl groups excluding tert-OH is 1. The molecule has 2 rings (SSSR count). The molecule has 118 valence electrons. The predicted molar refractivity (Wildman–Crippen MR) is 84.2 cm³/mol. The summed E-state index contributed by atoms with van der Waals surface area (Å²) >= 11 is 12.0. The average molecular weight is 352 g/mol. The van der Waals surface area contributed by atoms with E-state index in [0.29, 0.717) is 24.6 Å². The molecular weight excluding hydrogens is 333 g/mol. The van der Waals surface area contributed by atoms with Gasteiger partial charge in [-0.15, -0.1) is 0 Å². The van der Waals surface area contributed by atoms with E-state index in [-0.39, 0.29) is 21.5 Å². The second-order valence-corrected chi connectivity index (χ2v) is 8.01. The van der Waals surface area contributed by atoms with E-state index in [2.05, 4.69) is 6.92 Å². The van der Waals surface area contributed by atoms with Gasteiger partial charge in [0.15, 0.2) is 0 Å². The van der Waals surface area contributed by atoms with Gasteiger partial charge in [-0.3, -0.25) is 0 Å². The Hall–Kier alpha value is -0.330. The zero-order chi connectivity index (χ0) is 15.6. The molecule has 0 amide bonds. The second-order valence-electron chi connectivity index (χ2n) is 5.29. The van der Waals surface area contributed by atoms with E-state index in [1.165, 1.54) is 16.4 Å². The summed E-state index contributed by atoms with van der Waals surface area (Å²) in [5.41, 5.74) is 0.364. The molecule has 1 aliphatic heterocycles. The van der Waals surface area contributed by atoms with Crippen molar-refractivity contribution in [2.24, 2.45) is 5.92 Å². The summed E-state index contributed by atoms with van der Waals surface area (Å²) in [4.78, 5) is 0.0209. The summed E-state index contributed by atoms with van der Waals surface area (Å²) in [6, 6.07) is 2.74. The van der Waals surface area contributed by atoms with Gasteiger partial charge in [0.1, 0.15) is 4.90 Å². The Labute approximate surface area is 135 Å². The van der Waals surface area contributed by atoms with Crippen LogP contribution in [0, 0.1) is 5.92 Å². The quantitative estimate of drug-likeness (QED) is 0.905. The van der Waals surface area contributed by atoms with Gasteiger partial charge in [-0.25, -0.2) is 8.42 Å². The molecule has 0 aromatic heterocycles. The first-order chi connectivity index (χ1) is 9.90. The third kappa shape index (κ3) is 3.54. The Balaban J connectivity index is 2.32. The minimum absolute atomic E-state index is 0.0209. The molecule has 0 aliphatic carbocycles. The Morgan fingerprint density at radius 3 is 2.38 bits per heavy atom. The molecule has 1 aromatic rings. The van der Waals surface area contributed by atoms with Crippen molar-refractivity contribution < 1.29 is 13.5 Å². The third-order valence-electron chi connectivity index (χ3n) is 4.04. The van der Waals surface area contributed by atoms with Crippen molar-refractivity contribution in [1.29, 1.82) is 0 Å². The van der Waals surface area contributed by atoms with Crippen LogP contribution in [-0.4, -0.2) is 30.9 Å². The van der Waals surface area contributed by atoms with Crippen molar-refractivity contribution in [2.75, 3.05) is 13.1 Å². The Bertz CT molecular complexity index is 611. The maximum Gasteiger partial charge on any atom is 0.244 e. The second kappa shape index (κ2) is 6.84. The van der Waals surface area contributed by atoms with Crippen molar-refractivity contribution in [1.82, 2.24) is 4.31 Å². The van der Waals surface area contributed by atoms with E-state index < -0.39 is 10.0 Å². The maximum atomic E-state index is 12.7. The summed E-state index contributed by atoms with van der Waals surface area (Å²) in [5.74, 6) is 0.588. The Morgan fingerprint density at radius 2 is 1.86 bits per heavy atom. The first-order valence-corrected chi connectivity index (χ1v) is 9.18. The van der Waals surface area contributed by atoms with Crippen molar-refractivity contribution >= 4 is 33.2 Å². The van der Waals surface area contributed by atoms with E-state index in [4.69, 9.17) is 23.2 Å². The maximum absolute atomic E-state index is 12.7. The van der Waals surface area contributed by atoms with E-state index in [0.717, 1.165) is 19.3 Å². The highest BCUT2D eigenvalue weighted by molar-refractivity contribution is 7.89. The van der Waals surface area contributed by atoms with E-state index in [1.807, 2.05) is 0 Å². The summed E-state index contributed by atoms with van der Waals surface area (Å²) < 4.78 is 26.9. The van der Waals surface area contributed by atoms with Gasteiger partial charge in [-0.1, -0.05) is 36.5 Å². The highest BCUT2D eigenvalue weighted by Crippen LogP contribution is 2.32.